The van der Waals surface area contributed by atoms with Crippen molar-refractivity contribution >= 4 is 29.2 Å². The molecule has 0 bridgehead atoms. The highest BCUT2D eigenvalue weighted by Gasteiger charge is 2.12. The third kappa shape index (κ3) is 5.58. The number of urea groups is 1. The van der Waals surface area contributed by atoms with Crippen LogP contribution in [0.1, 0.15) is 21.5 Å². The third-order valence-corrected chi connectivity index (χ3v) is 4.88. The molecule has 0 unspecified atom stereocenters. The molecule has 0 aliphatic rings. The van der Waals surface area contributed by atoms with E-state index in [1.54, 1.807) is 55.6 Å². The molecule has 0 aromatic heterocycles. The van der Waals surface area contributed by atoms with Gasteiger partial charge in [0.05, 0.1) is 0 Å². The number of benzene rings is 3. The molecule has 30 heavy (non-hydrogen) atoms. The zero-order chi connectivity index (χ0) is 21.5. The van der Waals surface area contributed by atoms with Gasteiger partial charge in [0.15, 0.2) is 0 Å². The minimum Gasteiger partial charge on any atom is -0.348 e. The summed E-state index contributed by atoms with van der Waals surface area (Å²) in [5.41, 5.74) is 2.22. The fourth-order valence-electron chi connectivity index (χ4n) is 2.80. The number of nitrogens with zero attached hydrogens (tertiary/aromatic N) is 1. The molecule has 2 N–H and O–H groups in total. The molecule has 0 saturated heterocycles. The van der Waals surface area contributed by atoms with E-state index in [0.29, 0.717) is 28.4 Å². The van der Waals surface area contributed by atoms with Crippen molar-refractivity contribution in [2.45, 2.75) is 13.1 Å². The highest BCUT2D eigenvalue weighted by atomic mass is 35.5. The number of rotatable bonds is 6. The first kappa shape index (κ1) is 21.3. The van der Waals surface area contributed by atoms with Gasteiger partial charge in [-0.3, -0.25) is 4.79 Å². The van der Waals surface area contributed by atoms with E-state index < -0.39 is 0 Å². The average Bonchev–Trinajstić information content (AvgIpc) is 2.75. The van der Waals surface area contributed by atoms with Gasteiger partial charge in [-0.15, -0.1) is 0 Å². The minimum atomic E-state index is -0.364. The Kier molecular flexibility index (Phi) is 7.03. The molecule has 0 heterocycles. The second kappa shape index (κ2) is 9.89. The number of hydrogen-bond acceptors (Lipinski definition) is 2. The Morgan fingerprint density at radius 3 is 2.23 bits per heavy atom. The minimum absolute atomic E-state index is 0.0941. The standard InChI is InChI=1S/C23H21ClFN3O2/c1-28(15-18-7-2-4-8-20(18)24)23(30)27-19-12-10-16(11-13-19)22(29)26-14-17-6-3-5-9-21(17)25/h2-13H,14-15H2,1H3,(H,26,29)(H,27,30). The molecule has 3 aromatic carbocycles. The Bertz CT molecular complexity index is 1040. The van der Waals surface area contributed by atoms with Crippen LogP contribution < -0.4 is 10.6 Å². The molecule has 0 fully saturated rings. The number of halogens is 2. The fraction of sp³-hybridized carbons (Fsp3) is 0.130. The summed E-state index contributed by atoms with van der Waals surface area (Å²) in [6.45, 7) is 0.457. The zero-order valence-corrected chi connectivity index (χ0v) is 17.1. The molecule has 0 spiro atoms. The SMILES string of the molecule is CN(Cc1ccccc1Cl)C(=O)Nc1ccc(C(=O)NCc2ccccc2F)cc1. The summed E-state index contributed by atoms with van der Waals surface area (Å²) in [5, 5.41) is 6.06. The van der Waals surface area contributed by atoms with Gasteiger partial charge >= 0.3 is 6.03 Å². The van der Waals surface area contributed by atoms with Gasteiger partial charge in [0.1, 0.15) is 5.82 Å². The lowest BCUT2D eigenvalue weighted by atomic mass is 10.1. The van der Waals surface area contributed by atoms with Crippen LogP contribution in [0.5, 0.6) is 0 Å². The van der Waals surface area contributed by atoms with Crippen LogP contribution in [0.4, 0.5) is 14.9 Å². The van der Waals surface area contributed by atoms with E-state index in [1.807, 2.05) is 18.2 Å². The maximum Gasteiger partial charge on any atom is 0.321 e. The van der Waals surface area contributed by atoms with Gasteiger partial charge in [0.2, 0.25) is 0 Å². The maximum absolute atomic E-state index is 13.6. The maximum atomic E-state index is 13.6. The summed E-state index contributed by atoms with van der Waals surface area (Å²) in [6.07, 6.45) is 0. The van der Waals surface area contributed by atoms with Crippen molar-refractivity contribution in [1.29, 1.82) is 0 Å². The monoisotopic (exact) mass is 425 g/mol. The van der Waals surface area contributed by atoms with Crippen LogP contribution in [0.3, 0.4) is 0 Å². The highest BCUT2D eigenvalue weighted by Crippen LogP contribution is 2.17. The second-order valence-electron chi connectivity index (χ2n) is 6.73. The fourth-order valence-corrected chi connectivity index (χ4v) is 2.99. The lowest BCUT2D eigenvalue weighted by Crippen LogP contribution is -2.31. The number of anilines is 1. The van der Waals surface area contributed by atoms with Gasteiger partial charge in [-0.25, -0.2) is 9.18 Å². The first-order valence-corrected chi connectivity index (χ1v) is 9.69. The van der Waals surface area contributed by atoms with E-state index >= 15 is 0 Å². The second-order valence-corrected chi connectivity index (χ2v) is 7.14. The molecular weight excluding hydrogens is 405 g/mol. The van der Waals surface area contributed by atoms with Crippen molar-refractivity contribution in [3.05, 3.63) is 100 Å². The quantitative estimate of drug-likeness (QED) is 0.579. The van der Waals surface area contributed by atoms with E-state index in [4.69, 9.17) is 11.6 Å². The van der Waals surface area contributed by atoms with Gasteiger partial charge in [-0.1, -0.05) is 48.0 Å². The van der Waals surface area contributed by atoms with E-state index in [2.05, 4.69) is 10.6 Å². The first-order chi connectivity index (χ1) is 14.4. The topological polar surface area (TPSA) is 61.4 Å². The summed E-state index contributed by atoms with van der Waals surface area (Å²) in [7, 11) is 1.67. The Labute approximate surface area is 179 Å². The molecule has 154 valence electrons. The van der Waals surface area contributed by atoms with E-state index in [0.717, 1.165) is 5.56 Å². The average molecular weight is 426 g/mol. The normalized spacial score (nSPS) is 10.4. The Morgan fingerprint density at radius 2 is 1.57 bits per heavy atom. The van der Waals surface area contributed by atoms with Gasteiger partial charge in [-0.2, -0.15) is 0 Å². The van der Waals surface area contributed by atoms with Gasteiger partial charge in [0, 0.05) is 42.0 Å². The van der Waals surface area contributed by atoms with Crippen molar-refractivity contribution in [2.75, 3.05) is 12.4 Å². The molecule has 0 aliphatic heterocycles. The van der Waals surface area contributed by atoms with Crippen LogP contribution in [0.15, 0.2) is 72.8 Å². The van der Waals surface area contributed by atoms with Crippen LogP contribution >= 0.6 is 11.6 Å². The molecule has 0 aliphatic carbocycles. The van der Waals surface area contributed by atoms with Crippen molar-refractivity contribution in [1.82, 2.24) is 10.2 Å². The summed E-state index contributed by atoms with van der Waals surface area (Å²) in [5.74, 6) is -0.691. The van der Waals surface area contributed by atoms with E-state index in [9.17, 15) is 14.0 Å². The van der Waals surface area contributed by atoms with E-state index in [1.165, 1.54) is 11.0 Å². The third-order valence-electron chi connectivity index (χ3n) is 4.51. The molecule has 0 atom stereocenters. The van der Waals surface area contributed by atoms with Crippen molar-refractivity contribution in [3.8, 4) is 0 Å². The van der Waals surface area contributed by atoms with Crippen molar-refractivity contribution < 1.29 is 14.0 Å². The largest absolute Gasteiger partial charge is 0.348 e. The Balaban J connectivity index is 1.54. The van der Waals surface area contributed by atoms with Gasteiger partial charge in [-0.05, 0) is 42.0 Å². The summed E-state index contributed by atoms with van der Waals surface area (Å²) in [4.78, 5) is 26.2. The number of carbonyl (C=O) groups excluding carboxylic acids is 2. The molecular formula is C23H21ClFN3O2. The van der Waals surface area contributed by atoms with Crippen molar-refractivity contribution in [2.24, 2.45) is 0 Å². The molecule has 3 rings (SSSR count). The molecule has 0 radical (unpaired) electrons. The predicted octanol–water partition coefficient (Wildman–Crippen LogP) is 5.07. The van der Waals surface area contributed by atoms with Crippen LogP contribution in [-0.2, 0) is 13.1 Å². The highest BCUT2D eigenvalue weighted by molar-refractivity contribution is 6.31. The molecule has 0 saturated carbocycles. The molecule has 3 amide bonds. The predicted molar refractivity (Wildman–Crippen MR) is 116 cm³/mol. The number of hydrogen-bond donors (Lipinski definition) is 2. The summed E-state index contributed by atoms with van der Waals surface area (Å²) < 4.78 is 13.6. The number of amides is 3. The lowest BCUT2D eigenvalue weighted by Gasteiger charge is -2.19. The Morgan fingerprint density at radius 1 is 0.933 bits per heavy atom. The first-order valence-electron chi connectivity index (χ1n) is 9.31. The zero-order valence-electron chi connectivity index (χ0n) is 16.4. The number of nitrogens with one attached hydrogen (secondary N) is 2. The molecule has 3 aromatic rings. The number of carbonyl (C=O) groups is 2. The summed E-state index contributed by atoms with van der Waals surface area (Å²) in [6, 6.07) is 19.8. The summed E-state index contributed by atoms with van der Waals surface area (Å²) >= 11 is 6.14. The smallest absolute Gasteiger partial charge is 0.321 e. The van der Waals surface area contributed by atoms with Crippen LogP contribution in [0, 0.1) is 5.82 Å². The van der Waals surface area contributed by atoms with Crippen LogP contribution in [0.2, 0.25) is 5.02 Å². The van der Waals surface area contributed by atoms with Crippen molar-refractivity contribution in [3.63, 3.8) is 0 Å². The molecule has 5 nitrogen and oxygen atoms in total. The molecule has 7 heteroatoms. The van der Waals surface area contributed by atoms with E-state index in [-0.39, 0.29) is 24.3 Å². The van der Waals surface area contributed by atoms with Gasteiger partial charge in [0.25, 0.3) is 5.91 Å². The van der Waals surface area contributed by atoms with Crippen LogP contribution in [-0.4, -0.2) is 23.9 Å². The lowest BCUT2D eigenvalue weighted by molar-refractivity contribution is 0.0950. The Hall–Kier alpha value is -3.38. The van der Waals surface area contributed by atoms with Crippen LogP contribution in [0.25, 0.3) is 0 Å². The van der Waals surface area contributed by atoms with Gasteiger partial charge < -0.3 is 15.5 Å².